The van der Waals surface area contributed by atoms with Crippen molar-refractivity contribution in [2.75, 3.05) is 0 Å². The van der Waals surface area contributed by atoms with Gasteiger partial charge in [-0.25, -0.2) is 4.98 Å². The van der Waals surface area contributed by atoms with E-state index >= 15 is 4.57 Å². The monoisotopic (exact) mass is 644 g/mol. The summed E-state index contributed by atoms with van der Waals surface area (Å²) in [5, 5.41) is 7.11. The number of nitrogens with zero attached hydrogens (tertiary/aromatic N) is 2. The third-order valence-electron chi connectivity index (χ3n) is 9.99. The van der Waals surface area contributed by atoms with E-state index in [1.165, 1.54) is 0 Å². The minimum Gasteiger partial charge on any atom is -0.309 e. The summed E-state index contributed by atoms with van der Waals surface area (Å²) >= 11 is 0. The first-order valence-corrected chi connectivity index (χ1v) is 18.3. The van der Waals surface area contributed by atoms with Crippen LogP contribution in [0.1, 0.15) is 0 Å². The average molecular weight is 645 g/mol. The van der Waals surface area contributed by atoms with Crippen molar-refractivity contribution in [3.63, 3.8) is 0 Å². The molecule has 1 atom stereocenters. The molecular weight excluding hydrogens is 615 g/mol. The zero-order chi connectivity index (χ0) is 32.5. The van der Waals surface area contributed by atoms with E-state index in [4.69, 9.17) is 4.98 Å². The van der Waals surface area contributed by atoms with Gasteiger partial charge in [-0.1, -0.05) is 146 Å². The molecule has 0 radical (unpaired) electrons. The Labute approximate surface area is 284 Å². The Hall–Kier alpha value is -6.02. The number of benzene rings is 7. The van der Waals surface area contributed by atoms with Crippen molar-refractivity contribution >= 4 is 55.6 Å². The number of hydrogen-bond acceptors (Lipinski definition) is 2. The maximum Gasteiger partial charge on any atom is 0.172 e. The normalized spacial score (nSPS) is 15.1. The van der Waals surface area contributed by atoms with E-state index in [0.29, 0.717) is 0 Å². The molecule has 3 nitrogen and oxygen atoms in total. The molecule has 230 valence electrons. The summed E-state index contributed by atoms with van der Waals surface area (Å²) < 4.78 is 18.2. The van der Waals surface area contributed by atoms with Crippen LogP contribution in [0.3, 0.4) is 0 Å². The summed E-state index contributed by atoms with van der Waals surface area (Å²) in [6.07, 6.45) is 0. The van der Waals surface area contributed by atoms with Gasteiger partial charge in [0.25, 0.3) is 0 Å². The van der Waals surface area contributed by atoms with Gasteiger partial charge in [0.05, 0.1) is 16.7 Å². The maximum atomic E-state index is 15.9. The molecule has 0 N–H and O–H groups in total. The topological polar surface area (TPSA) is 34.9 Å². The number of rotatable bonds is 4. The third kappa shape index (κ3) is 4.10. The van der Waals surface area contributed by atoms with E-state index in [2.05, 4.69) is 138 Å². The standard InChI is InChI=1S/C45H29N2OP/c48-49(34-19-8-3-9-20-34)40-26-24-31-16-10-11-21-35(31)43(40)44-41(49)27-25-37-36-22-12-13-23-39(36)47(45(37)44)42-29-33(30-14-4-1-5-15-30)28-38(46-42)32-17-6-2-7-18-32/h1-29H. The number of fused-ring (bicyclic) bond motifs is 9. The van der Waals surface area contributed by atoms with Crippen molar-refractivity contribution in [3.8, 4) is 39.3 Å². The molecule has 0 aliphatic carbocycles. The summed E-state index contributed by atoms with van der Waals surface area (Å²) in [5.74, 6) is 0.822. The highest BCUT2D eigenvalue weighted by molar-refractivity contribution is 7.86. The Morgan fingerprint density at radius 3 is 1.86 bits per heavy atom. The molecule has 10 rings (SSSR count). The zero-order valence-electron chi connectivity index (χ0n) is 26.5. The minimum atomic E-state index is -3.21. The van der Waals surface area contributed by atoms with Crippen molar-refractivity contribution in [1.29, 1.82) is 0 Å². The van der Waals surface area contributed by atoms with Crippen LogP contribution >= 0.6 is 7.14 Å². The lowest BCUT2D eigenvalue weighted by Crippen LogP contribution is -2.20. The van der Waals surface area contributed by atoms with Crippen molar-refractivity contribution in [3.05, 3.63) is 176 Å². The molecule has 4 heteroatoms. The van der Waals surface area contributed by atoms with Gasteiger partial charge in [0.15, 0.2) is 7.14 Å². The quantitative estimate of drug-likeness (QED) is 0.179. The van der Waals surface area contributed by atoms with E-state index in [9.17, 15) is 0 Å². The van der Waals surface area contributed by atoms with Crippen molar-refractivity contribution in [2.45, 2.75) is 0 Å². The van der Waals surface area contributed by atoms with Crippen molar-refractivity contribution in [2.24, 2.45) is 0 Å². The van der Waals surface area contributed by atoms with Crippen LogP contribution in [-0.4, -0.2) is 9.55 Å². The van der Waals surface area contributed by atoms with Gasteiger partial charge in [-0.3, -0.25) is 4.57 Å². The predicted octanol–water partition coefficient (Wildman–Crippen LogP) is 10.3. The fourth-order valence-corrected chi connectivity index (χ4v) is 10.9. The molecular formula is C45H29N2OP. The highest BCUT2D eigenvalue weighted by Crippen LogP contribution is 2.56. The van der Waals surface area contributed by atoms with Gasteiger partial charge in [-0.2, -0.15) is 0 Å². The highest BCUT2D eigenvalue weighted by Gasteiger charge is 2.43. The van der Waals surface area contributed by atoms with E-state index in [0.717, 1.165) is 87.8 Å². The number of para-hydroxylation sites is 1. The van der Waals surface area contributed by atoms with Crippen LogP contribution in [-0.2, 0) is 4.57 Å². The number of pyridine rings is 1. The first kappa shape index (κ1) is 28.0. The Morgan fingerprint density at radius 2 is 1.08 bits per heavy atom. The SMILES string of the molecule is O=P1(c2ccccc2)c2ccc3ccccc3c2-c2c1ccc1c3ccccc3n(-c3cc(-c4ccccc4)cc(-c4ccccc4)n3)c21. The predicted molar refractivity (Wildman–Crippen MR) is 205 cm³/mol. The molecule has 1 aliphatic rings. The molecule has 3 heterocycles. The summed E-state index contributed by atoms with van der Waals surface area (Å²) in [4.78, 5) is 5.40. The first-order valence-electron chi connectivity index (χ1n) is 16.6. The van der Waals surface area contributed by atoms with Crippen LogP contribution in [0.4, 0.5) is 0 Å². The molecule has 1 aliphatic heterocycles. The van der Waals surface area contributed by atoms with Crippen LogP contribution in [0.15, 0.2) is 176 Å². The minimum absolute atomic E-state index is 0.822. The summed E-state index contributed by atoms with van der Waals surface area (Å²) in [6, 6.07) is 60.8. The third-order valence-corrected chi connectivity index (χ3v) is 13.1. The van der Waals surface area contributed by atoms with Crippen molar-refractivity contribution in [1.82, 2.24) is 9.55 Å². The highest BCUT2D eigenvalue weighted by atomic mass is 31.2. The van der Waals surface area contributed by atoms with Gasteiger partial charge in [-0.05, 0) is 52.2 Å². The fraction of sp³-hybridized carbons (Fsp3) is 0. The van der Waals surface area contributed by atoms with Gasteiger partial charge in [0.1, 0.15) is 5.82 Å². The summed E-state index contributed by atoms with van der Waals surface area (Å²) in [7, 11) is -3.21. The molecule has 0 fully saturated rings. The lowest BCUT2D eigenvalue weighted by Gasteiger charge is -2.16. The Morgan fingerprint density at radius 1 is 0.469 bits per heavy atom. The van der Waals surface area contributed by atoms with E-state index in [1.807, 2.05) is 42.5 Å². The Kier molecular flexibility index (Phi) is 6.15. The van der Waals surface area contributed by atoms with Crippen molar-refractivity contribution < 1.29 is 4.57 Å². The molecule has 9 aromatic rings. The molecule has 2 aromatic heterocycles. The van der Waals surface area contributed by atoms with Gasteiger partial charge in [0, 0.05) is 43.4 Å². The van der Waals surface area contributed by atoms with Crippen LogP contribution in [0.25, 0.3) is 71.9 Å². The molecule has 0 saturated carbocycles. The van der Waals surface area contributed by atoms with E-state index in [-0.39, 0.29) is 0 Å². The second-order valence-corrected chi connectivity index (χ2v) is 15.4. The molecule has 1 unspecified atom stereocenters. The van der Waals surface area contributed by atoms with Gasteiger partial charge < -0.3 is 4.57 Å². The second kappa shape index (κ2) is 10.8. The lowest BCUT2D eigenvalue weighted by atomic mass is 9.96. The fourth-order valence-electron chi connectivity index (χ4n) is 7.81. The molecule has 49 heavy (non-hydrogen) atoms. The second-order valence-electron chi connectivity index (χ2n) is 12.7. The summed E-state index contributed by atoms with van der Waals surface area (Å²) in [6.45, 7) is 0. The number of aromatic nitrogens is 2. The average Bonchev–Trinajstić information content (AvgIpc) is 3.66. The smallest absolute Gasteiger partial charge is 0.172 e. The Bertz CT molecular complexity index is 2730. The van der Waals surface area contributed by atoms with Gasteiger partial charge >= 0.3 is 0 Å². The first-order chi connectivity index (χ1) is 24.2. The largest absolute Gasteiger partial charge is 0.309 e. The van der Waals surface area contributed by atoms with Crippen LogP contribution in [0, 0.1) is 0 Å². The lowest BCUT2D eigenvalue weighted by molar-refractivity contribution is 0.593. The van der Waals surface area contributed by atoms with Crippen LogP contribution < -0.4 is 15.9 Å². The molecule has 0 amide bonds. The molecule has 7 aromatic carbocycles. The number of hydrogen-bond donors (Lipinski definition) is 0. The molecule has 0 saturated heterocycles. The molecule has 0 spiro atoms. The van der Waals surface area contributed by atoms with E-state index < -0.39 is 7.14 Å². The van der Waals surface area contributed by atoms with Gasteiger partial charge in [0.2, 0.25) is 0 Å². The Balaban J connectivity index is 1.39. The zero-order valence-corrected chi connectivity index (χ0v) is 27.4. The summed E-state index contributed by atoms with van der Waals surface area (Å²) in [5.41, 5.74) is 8.34. The van der Waals surface area contributed by atoms with Crippen LogP contribution in [0.2, 0.25) is 0 Å². The van der Waals surface area contributed by atoms with Crippen LogP contribution in [0.5, 0.6) is 0 Å². The van der Waals surface area contributed by atoms with Gasteiger partial charge in [-0.15, -0.1) is 0 Å². The van der Waals surface area contributed by atoms with E-state index in [1.54, 1.807) is 0 Å². The molecule has 0 bridgehead atoms. The maximum absolute atomic E-state index is 15.9.